The first-order valence-electron chi connectivity index (χ1n) is 5.31. The molecular weight excluding hydrogens is 148 g/mol. The third-order valence-electron chi connectivity index (χ3n) is 2.91. The van der Waals surface area contributed by atoms with Gasteiger partial charge in [0.1, 0.15) is 0 Å². The number of hydrogen-bond donors (Lipinski definition) is 1. The minimum absolute atomic E-state index is 0.818. The van der Waals surface area contributed by atoms with Gasteiger partial charge in [-0.25, -0.2) is 0 Å². The summed E-state index contributed by atoms with van der Waals surface area (Å²) in [4.78, 5) is 2.50. The van der Waals surface area contributed by atoms with E-state index in [2.05, 4.69) is 17.3 Å². The molecule has 2 rings (SSSR count). The van der Waals surface area contributed by atoms with Gasteiger partial charge in [-0.1, -0.05) is 13.8 Å². The third-order valence-corrected chi connectivity index (χ3v) is 2.91. The Morgan fingerprint density at radius 2 is 2.00 bits per heavy atom. The summed E-state index contributed by atoms with van der Waals surface area (Å²) in [5, 5.41) is 3.57. The third kappa shape index (κ3) is 1.99. The van der Waals surface area contributed by atoms with E-state index in [1.807, 2.05) is 13.8 Å². The molecule has 2 nitrogen and oxygen atoms in total. The molecule has 0 aromatic rings. The molecule has 0 aliphatic carbocycles. The van der Waals surface area contributed by atoms with E-state index < -0.39 is 0 Å². The van der Waals surface area contributed by atoms with Gasteiger partial charge in [-0.2, -0.15) is 0 Å². The van der Waals surface area contributed by atoms with E-state index >= 15 is 0 Å². The summed E-state index contributed by atoms with van der Waals surface area (Å²) in [5.41, 5.74) is 0. The second-order valence-electron chi connectivity index (χ2n) is 3.54. The van der Waals surface area contributed by atoms with Gasteiger partial charge in [0.05, 0.1) is 0 Å². The van der Waals surface area contributed by atoms with E-state index in [1.54, 1.807) is 0 Å². The predicted molar refractivity (Wildman–Crippen MR) is 53.4 cm³/mol. The molecule has 2 aliphatic rings. The van der Waals surface area contributed by atoms with Gasteiger partial charge >= 0.3 is 0 Å². The zero-order valence-corrected chi connectivity index (χ0v) is 8.64. The highest BCUT2D eigenvalue weighted by Crippen LogP contribution is 2.22. The van der Waals surface area contributed by atoms with Crippen molar-refractivity contribution in [2.45, 2.75) is 45.2 Å². The van der Waals surface area contributed by atoms with Crippen molar-refractivity contribution in [1.82, 2.24) is 10.2 Å². The maximum absolute atomic E-state index is 3.57. The summed E-state index contributed by atoms with van der Waals surface area (Å²) >= 11 is 0. The van der Waals surface area contributed by atoms with Gasteiger partial charge < -0.3 is 10.2 Å². The van der Waals surface area contributed by atoms with Gasteiger partial charge in [0.15, 0.2) is 0 Å². The number of fused-ring (bicyclic) bond motifs is 1. The Morgan fingerprint density at radius 1 is 1.25 bits per heavy atom. The van der Waals surface area contributed by atoms with Gasteiger partial charge in [-0.15, -0.1) is 0 Å². The molecule has 1 N–H and O–H groups in total. The van der Waals surface area contributed by atoms with Crippen molar-refractivity contribution in [2.24, 2.45) is 0 Å². The highest BCUT2D eigenvalue weighted by Gasteiger charge is 2.32. The average Bonchev–Trinajstić information content (AvgIpc) is 2.53. The Labute approximate surface area is 76.3 Å². The Balaban J connectivity index is 0.000000336. The van der Waals surface area contributed by atoms with Gasteiger partial charge in [-0.3, -0.25) is 0 Å². The summed E-state index contributed by atoms with van der Waals surface area (Å²) < 4.78 is 0. The smallest absolute Gasteiger partial charge is 0.0247 e. The van der Waals surface area contributed by atoms with Crippen LogP contribution in [0.25, 0.3) is 0 Å². The molecule has 0 saturated carbocycles. The lowest BCUT2D eigenvalue weighted by atomic mass is 10.00. The monoisotopic (exact) mass is 170 g/mol. The fourth-order valence-electron chi connectivity index (χ4n) is 2.27. The number of piperidine rings is 1. The molecule has 2 saturated heterocycles. The van der Waals surface area contributed by atoms with E-state index in [1.165, 1.54) is 32.4 Å². The van der Waals surface area contributed by atoms with Crippen molar-refractivity contribution >= 4 is 0 Å². The fraction of sp³-hybridized carbons (Fsp3) is 1.00. The zero-order chi connectivity index (χ0) is 8.97. The zero-order valence-electron chi connectivity index (χ0n) is 8.64. The molecule has 2 unspecified atom stereocenters. The number of likely N-dealkylation sites (N-methyl/N-ethyl adjacent to an activating group) is 1. The molecule has 2 aliphatic heterocycles. The lowest BCUT2D eigenvalue weighted by molar-refractivity contribution is 0.238. The Bertz CT molecular complexity index is 123. The number of rotatable bonds is 0. The normalized spacial score (nSPS) is 35.2. The second kappa shape index (κ2) is 4.83. The SMILES string of the molecule is CC.CN1CCC2NCCCC21. The largest absolute Gasteiger partial charge is 0.312 e. The van der Waals surface area contributed by atoms with E-state index in [4.69, 9.17) is 0 Å². The standard InChI is InChI=1S/C8H16N2.C2H6/c1-10-6-4-7-8(10)3-2-5-9-7;1-2/h7-9H,2-6H2,1H3;1-2H3. The first-order chi connectivity index (χ1) is 5.88. The first kappa shape index (κ1) is 10.0. The van der Waals surface area contributed by atoms with Crippen LogP contribution in [0, 0.1) is 0 Å². The van der Waals surface area contributed by atoms with E-state index in [0.717, 1.165) is 12.1 Å². The molecule has 2 heteroatoms. The topological polar surface area (TPSA) is 15.3 Å². The van der Waals surface area contributed by atoms with Crippen molar-refractivity contribution in [3.63, 3.8) is 0 Å². The lowest BCUT2D eigenvalue weighted by Crippen LogP contribution is -2.45. The number of likely N-dealkylation sites (tertiary alicyclic amines) is 1. The van der Waals surface area contributed by atoms with Gasteiger partial charge in [0.25, 0.3) is 0 Å². The molecule has 2 fully saturated rings. The highest BCUT2D eigenvalue weighted by molar-refractivity contribution is 4.92. The molecule has 2 atom stereocenters. The molecule has 0 radical (unpaired) electrons. The van der Waals surface area contributed by atoms with Crippen LogP contribution in [0.5, 0.6) is 0 Å². The van der Waals surface area contributed by atoms with Gasteiger partial charge in [0.2, 0.25) is 0 Å². The molecule has 0 aromatic carbocycles. The molecule has 72 valence electrons. The van der Waals surface area contributed by atoms with Crippen LogP contribution in [-0.2, 0) is 0 Å². The van der Waals surface area contributed by atoms with Crippen molar-refractivity contribution < 1.29 is 0 Å². The Hall–Kier alpha value is -0.0800. The van der Waals surface area contributed by atoms with Crippen molar-refractivity contribution in [3.8, 4) is 0 Å². The Morgan fingerprint density at radius 3 is 2.67 bits per heavy atom. The van der Waals surface area contributed by atoms with E-state index in [0.29, 0.717) is 0 Å². The van der Waals surface area contributed by atoms with Crippen LogP contribution in [0.15, 0.2) is 0 Å². The molecule has 0 amide bonds. The first-order valence-corrected chi connectivity index (χ1v) is 5.31. The summed E-state index contributed by atoms with van der Waals surface area (Å²) in [7, 11) is 2.25. The summed E-state index contributed by atoms with van der Waals surface area (Å²) in [6, 6.07) is 1.67. The molecule has 0 aromatic heterocycles. The quantitative estimate of drug-likeness (QED) is 0.592. The minimum atomic E-state index is 0.818. The highest BCUT2D eigenvalue weighted by atomic mass is 15.2. The molecular formula is C10H22N2. The lowest BCUT2D eigenvalue weighted by Gasteiger charge is -2.30. The predicted octanol–water partition coefficient (Wildman–Crippen LogP) is 1.47. The molecule has 0 spiro atoms. The fourth-order valence-corrected chi connectivity index (χ4v) is 2.27. The number of nitrogens with one attached hydrogen (secondary N) is 1. The number of hydrogen-bond acceptors (Lipinski definition) is 2. The van der Waals surface area contributed by atoms with Crippen LogP contribution in [0.1, 0.15) is 33.1 Å². The van der Waals surface area contributed by atoms with Crippen molar-refractivity contribution in [1.29, 1.82) is 0 Å². The van der Waals surface area contributed by atoms with Crippen LogP contribution in [0.2, 0.25) is 0 Å². The van der Waals surface area contributed by atoms with E-state index in [-0.39, 0.29) is 0 Å². The van der Waals surface area contributed by atoms with Crippen LogP contribution in [0.3, 0.4) is 0 Å². The molecule has 2 heterocycles. The van der Waals surface area contributed by atoms with Crippen LogP contribution in [-0.4, -0.2) is 37.1 Å². The average molecular weight is 170 g/mol. The van der Waals surface area contributed by atoms with Crippen LogP contribution in [0.4, 0.5) is 0 Å². The van der Waals surface area contributed by atoms with Crippen LogP contribution < -0.4 is 5.32 Å². The molecule has 0 bridgehead atoms. The summed E-state index contributed by atoms with van der Waals surface area (Å²) in [6.45, 7) is 6.54. The summed E-state index contributed by atoms with van der Waals surface area (Å²) in [5.74, 6) is 0. The molecule has 12 heavy (non-hydrogen) atoms. The van der Waals surface area contributed by atoms with Crippen LogP contribution >= 0.6 is 0 Å². The number of nitrogens with zero attached hydrogens (tertiary/aromatic N) is 1. The second-order valence-corrected chi connectivity index (χ2v) is 3.54. The Kier molecular flexibility index (Phi) is 4.02. The van der Waals surface area contributed by atoms with Crippen molar-refractivity contribution in [3.05, 3.63) is 0 Å². The summed E-state index contributed by atoms with van der Waals surface area (Å²) in [6.07, 6.45) is 4.14. The van der Waals surface area contributed by atoms with Crippen molar-refractivity contribution in [2.75, 3.05) is 20.1 Å². The minimum Gasteiger partial charge on any atom is -0.312 e. The van der Waals surface area contributed by atoms with Gasteiger partial charge in [-0.05, 0) is 39.4 Å². The maximum atomic E-state index is 3.57. The van der Waals surface area contributed by atoms with Gasteiger partial charge in [0, 0.05) is 12.1 Å². The maximum Gasteiger partial charge on any atom is 0.0247 e. The van der Waals surface area contributed by atoms with E-state index in [9.17, 15) is 0 Å².